The Hall–Kier alpha value is -4.65. The summed E-state index contributed by atoms with van der Waals surface area (Å²) >= 11 is 0. The Labute approximate surface area is 190 Å². The Kier molecular flexibility index (Phi) is 6.61. The minimum absolute atomic E-state index is 0.177. The Morgan fingerprint density at radius 2 is 1.67 bits per heavy atom. The number of hydrazone groups is 1. The summed E-state index contributed by atoms with van der Waals surface area (Å²) in [5, 5.41) is 13.2. The van der Waals surface area contributed by atoms with Crippen LogP contribution in [0.15, 0.2) is 102 Å². The van der Waals surface area contributed by atoms with Crippen LogP contribution in [0.25, 0.3) is 16.8 Å². The number of nitrogens with zero attached hydrogens (tertiary/aromatic N) is 2. The van der Waals surface area contributed by atoms with Crippen molar-refractivity contribution < 1.29 is 19.4 Å². The smallest absolute Gasteiger partial charge is 0.335 e. The molecule has 3 aromatic carbocycles. The molecule has 4 rings (SSSR count). The monoisotopic (exact) mass is 439 g/mol. The second-order valence-electron chi connectivity index (χ2n) is 7.13. The Balaban J connectivity index is 1.32. The molecule has 0 aliphatic rings. The molecule has 1 heterocycles. The molecule has 0 bridgehead atoms. The van der Waals surface area contributed by atoms with E-state index in [4.69, 9.17) is 4.74 Å². The highest BCUT2D eigenvalue weighted by Gasteiger charge is 2.07. The summed E-state index contributed by atoms with van der Waals surface area (Å²) in [5.41, 5.74) is 6.14. The Morgan fingerprint density at radius 1 is 0.909 bits per heavy atom. The SMILES string of the molecule is O=C(COc1ccc(-c2ccccc2)cc1)N/N=C/c1cccn1-c1cccc(C(=O)O)c1. The first kappa shape index (κ1) is 21.6. The van der Waals surface area contributed by atoms with E-state index in [1.807, 2.05) is 54.6 Å². The largest absolute Gasteiger partial charge is 0.484 e. The number of ether oxygens (including phenoxy) is 1. The molecule has 0 atom stereocenters. The lowest BCUT2D eigenvalue weighted by Crippen LogP contribution is -2.24. The maximum Gasteiger partial charge on any atom is 0.335 e. The molecular formula is C26H21N3O4. The molecule has 1 aromatic heterocycles. The lowest BCUT2D eigenvalue weighted by Gasteiger charge is -2.08. The maximum absolute atomic E-state index is 12.1. The summed E-state index contributed by atoms with van der Waals surface area (Å²) in [7, 11) is 0. The zero-order valence-electron chi connectivity index (χ0n) is 17.6. The van der Waals surface area contributed by atoms with Crippen molar-refractivity contribution >= 4 is 18.1 Å². The molecule has 4 aromatic rings. The quantitative estimate of drug-likeness (QED) is 0.315. The van der Waals surface area contributed by atoms with E-state index in [-0.39, 0.29) is 12.2 Å². The number of aromatic nitrogens is 1. The van der Waals surface area contributed by atoms with Gasteiger partial charge in [0.05, 0.1) is 17.5 Å². The number of carbonyl (C=O) groups is 2. The molecule has 33 heavy (non-hydrogen) atoms. The predicted octanol–water partition coefficient (Wildman–Crippen LogP) is 4.37. The average molecular weight is 439 g/mol. The molecule has 0 saturated carbocycles. The van der Waals surface area contributed by atoms with Gasteiger partial charge in [-0.25, -0.2) is 10.2 Å². The van der Waals surface area contributed by atoms with Gasteiger partial charge < -0.3 is 14.4 Å². The van der Waals surface area contributed by atoms with Crippen molar-refractivity contribution in [3.05, 3.63) is 108 Å². The summed E-state index contributed by atoms with van der Waals surface area (Å²) in [6.45, 7) is -0.177. The van der Waals surface area contributed by atoms with Gasteiger partial charge in [-0.15, -0.1) is 0 Å². The van der Waals surface area contributed by atoms with Crippen LogP contribution < -0.4 is 10.2 Å². The van der Waals surface area contributed by atoms with Crippen LogP contribution in [0.3, 0.4) is 0 Å². The Bertz CT molecular complexity index is 1280. The fourth-order valence-corrected chi connectivity index (χ4v) is 3.25. The molecule has 2 N–H and O–H groups in total. The minimum Gasteiger partial charge on any atom is -0.484 e. The van der Waals surface area contributed by atoms with Crippen molar-refractivity contribution in [2.24, 2.45) is 5.10 Å². The number of carboxylic acid groups (broad SMARTS) is 1. The van der Waals surface area contributed by atoms with Gasteiger partial charge in [-0.2, -0.15) is 5.10 Å². The fourth-order valence-electron chi connectivity index (χ4n) is 3.25. The number of amides is 1. The van der Waals surface area contributed by atoms with Crippen molar-refractivity contribution in [1.82, 2.24) is 9.99 Å². The summed E-state index contributed by atoms with van der Waals surface area (Å²) < 4.78 is 7.30. The molecule has 0 unspecified atom stereocenters. The van der Waals surface area contributed by atoms with Crippen LogP contribution in [0.1, 0.15) is 16.1 Å². The van der Waals surface area contributed by atoms with Crippen LogP contribution in [-0.4, -0.2) is 34.4 Å². The number of carboxylic acids is 1. The van der Waals surface area contributed by atoms with Crippen LogP contribution in [0.4, 0.5) is 0 Å². The van der Waals surface area contributed by atoms with E-state index in [0.717, 1.165) is 11.1 Å². The van der Waals surface area contributed by atoms with E-state index in [1.54, 1.807) is 41.1 Å². The van der Waals surface area contributed by atoms with Crippen LogP contribution in [0.2, 0.25) is 0 Å². The van der Waals surface area contributed by atoms with Gasteiger partial charge in [-0.05, 0) is 53.6 Å². The third-order valence-electron chi connectivity index (χ3n) is 4.87. The topological polar surface area (TPSA) is 92.9 Å². The fraction of sp³-hybridized carbons (Fsp3) is 0.0385. The molecule has 0 aliphatic carbocycles. The van der Waals surface area contributed by atoms with Gasteiger partial charge in [0.2, 0.25) is 0 Å². The van der Waals surface area contributed by atoms with Crippen molar-refractivity contribution in [1.29, 1.82) is 0 Å². The highest BCUT2D eigenvalue weighted by molar-refractivity contribution is 5.88. The van der Waals surface area contributed by atoms with Gasteiger partial charge in [0, 0.05) is 11.9 Å². The van der Waals surface area contributed by atoms with Crippen molar-refractivity contribution in [2.75, 3.05) is 6.61 Å². The van der Waals surface area contributed by atoms with Gasteiger partial charge in [0.25, 0.3) is 5.91 Å². The molecule has 0 fully saturated rings. The molecule has 0 saturated heterocycles. The molecule has 164 valence electrons. The first-order chi connectivity index (χ1) is 16.1. The zero-order chi connectivity index (χ0) is 23.0. The molecule has 1 amide bonds. The number of nitrogens with one attached hydrogen (secondary N) is 1. The number of hydrogen-bond acceptors (Lipinski definition) is 4. The first-order valence-corrected chi connectivity index (χ1v) is 10.2. The molecule has 7 nitrogen and oxygen atoms in total. The molecular weight excluding hydrogens is 418 g/mol. The molecule has 0 aliphatic heterocycles. The molecule has 0 spiro atoms. The van der Waals surface area contributed by atoms with E-state index >= 15 is 0 Å². The van der Waals surface area contributed by atoms with Crippen molar-refractivity contribution in [3.8, 4) is 22.6 Å². The number of hydrogen-bond donors (Lipinski definition) is 2. The van der Waals surface area contributed by atoms with Gasteiger partial charge in [0.15, 0.2) is 6.61 Å². The highest BCUT2D eigenvalue weighted by Crippen LogP contribution is 2.22. The van der Waals surface area contributed by atoms with E-state index in [2.05, 4.69) is 10.5 Å². The second-order valence-corrected chi connectivity index (χ2v) is 7.13. The first-order valence-electron chi connectivity index (χ1n) is 10.2. The Morgan fingerprint density at radius 3 is 2.42 bits per heavy atom. The van der Waals surface area contributed by atoms with Crippen LogP contribution in [0, 0.1) is 0 Å². The van der Waals surface area contributed by atoms with E-state index in [1.165, 1.54) is 12.3 Å². The van der Waals surface area contributed by atoms with Crippen molar-refractivity contribution in [3.63, 3.8) is 0 Å². The number of aromatic carboxylic acids is 1. The standard InChI is InChI=1S/C26H21N3O4/c30-25(18-33-24-13-11-20(12-14-24)19-6-2-1-3-7-19)28-27-17-23-10-5-15-29(23)22-9-4-8-21(16-22)26(31)32/h1-17H,18H2,(H,28,30)(H,31,32)/b27-17+. The van der Waals surface area contributed by atoms with Gasteiger partial charge in [-0.1, -0.05) is 48.5 Å². The van der Waals surface area contributed by atoms with Gasteiger partial charge >= 0.3 is 5.97 Å². The third-order valence-corrected chi connectivity index (χ3v) is 4.87. The highest BCUT2D eigenvalue weighted by atomic mass is 16.5. The summed E-state index contributed by atoms with van der Waals surface area (Å²) in [6, 6.07) is 27.7. The number of carbonyl (C=O) groups excluding carboxylic acids is 1. The molecule has 7 heteroatoms. The van der Waals surface area contributed by atoms with Crippen molar-refractivity contribution in [2.45, 2.75) is 0 Å². The van der Waals surface area contributed by atoms with Crippen LogP contribution in [0.5, 0.6) is 5.75 Å². The normalized spacial score (nSPS) is 10.8. The van der Waals surface area contributed by atoms with Gasteiger partial charge in [0.1, 0.15) is 5.75 Å². The summed E-state index contributed by atoms with van der Waals surface area (Å²) in [5.74, 6) is -0.813. The summed E-state index contributed by atoms with van der Waals surface area (Å²) in [4.78, 5) is 23.3. The van der Waals surface area contributed by atoms with E-state index in [0.29, 0.717) is 17.1 Å². The zero-order valence-corrected chi connectivity index (χ0v) is 17.6. The van der Waals surface area contributed by atoms with E-state index in [9.17, 15) is 14.7 Å². The third kappa shape index (κ3) is 5.54. The van der Waals surface area contributed by atoms with Crippen LogP contribution >= 0.6 is 0 Å². The number of benzene rings is 3. The number of rotatable bonds is 8. The second kappa shape index (κ2) is 10.1. The lowest BCUT2D eigenvalue weighted by molar-refractivity contribution is -0.123. The predicted molar refractivity (Wildman–Crippen MR) is 126 cm³/mol. The van der Waals surface area contributed by atoms with Crippen LogP contribution in [-0.2, 0) is 4.79 Å². The average Bonchev–Trinajstić information content (AvgIpc) is 3.32. The minimum atomic E-state index is -0.999. The maximum atomic E-state index is 12.1. The lowest BCUT2D eigenvalue weighted by atomic mass is 10.1. The summed E-state index contributed by atoms with van der Waals surface area (Å²) in [6.07, 6.45) is 3.27. The molecule has 0 radical (unpaired) electrons. The van der Waals surface area contributed by atoms with Gasteiger partial charge in [-0.3, -0.25) is 4.79 Å². The van der Waals surface area contributed by atoms with E-state index < -0.39 is 11.9 Å².